The maximum absolute atomic E-state index is 11.7. The number of hydrogen-bond donors (Lipinski definition) is 1. The zero-order valence-electron chi connectivity index (χ0n) is 9.18. The quantitative estimate of drug-likeness (QED) is 0.647. The molecular weight excluding hydrogens is 176 g/mol. The first-order valence-corrected chi connectivity index (χ1v) is 5.29. The number of hydrogen-bond acceptors (Lipinski definition) is 2. The highest BCUT2D eigenvalue weighted by molar-refractivity contribution is 5.78. The minimum atomic E-state index is 0.183. The third-order valence-electron chi connectivity index (χ3n) is 2.31. The lowest BCUT2D eigenvalue weighted by Gasteiger charge is -2.21. The number of carbonyl (C=O) groups excluding carboxylic acids is 1. The molecule has 1 aliphatic rings. The molecule has 14 heavy (non-hydrogen) atoms. The number of nitrogens with one attached hydrogen (secondary N) is 1. The predicted molar refractivity (Wildman–Crippen MR) is 58.1 cm³/mol. The van der Waals surface area contributed by atoms with Crippen LogP contribution in [0.15, 0.2) is 12.2 Å². The topological polar surface area (TPSA) is 32.3 Å². The number of carbonyl (C=O) groups is 1. The Morgan fingerprint density at radius 2 is 2.21 bits per heavy atom. The van der Waals surface area contributed by atoms with Crippen LogP contribution >= 0.6 is 0 Å². The lowest BCUT2D eigenvalue weighted by molar-refractivity contribution is -0.129. The standard InChI is InChI=1S/C11H20N2O/c1-4-13(8-9(2)3)11(14)7-12-10-5-6-10/h10,12H,2,4-8H2,1,3H3. The lowest BCUT2D eigenvalue weighted by Crippen LogP contribution is -2.39. The summed E-state index contributed by atoms with van der Waals surface area (Å²) in [6.45, 7) is 9.69. The molecule has 0 atom stereocenters. The third kappa shape index (κ3) is 3.92. The fraction of sp³-hybridized carbons (Fsp3) is 0.727. The van der Waals surface area contributed by atoms with Crippen molar-refractivity contribution in [1.29, 1.82) is 0 Å². The number of rotatable bonds is 6. The van der Waals surface area contributed by atoms with Crippen molar-refractivity contribution < 1.29 is 4.79 Å². The lowest BCUT2D eigenvalue weighted by atomic mass is 10.3. The number of amides is 1. The van der Waals surface area contributed by atoms with E-state index in [1.165, 1.54) is 12.8 Å². The van der Waals surface area contributed by atoms with Crippen LogP contribution in [-0.2, 0) is 4.79 Å². The molecule has 0 heterocycles. The van der Waals surface area contributed by atoms with Crippen molar-refractivity contribution in [1.82, 2.24) is 10.2 Å². The van der Waals surface area contributed by atoms with Crippen LogP contribution in [0.2, 0.25) is 0 Å². The van der Waals surface area contributed by atoms with Crippen LogP contribution in [0.5, 0.6) is 0 Å². The Balaban J connectivity index is 2.26. The Labute approximate surface area is 86.2 Å². The van der Waals surface area contributed by atoms with Crippen molar-refractivity contribution in [3.63, 3.8) is 0 Å². The van der Waals surface area contributed by atoms with Gasteiger partial charge in [0.15, 0.2) is 0 Å². The molecule has 1 rings (SSSR count). The van der Waals surface area contributed by atoms with Crippen molar-refractivity contribution >= 4 is 5.91 Å². The Bertz CT molecular complexity index is 221. The first-order valence-electron chi connectivity index (χ1n) is 5.29. The van der Waals surface area contributed by atoms with E-state index in [1.54, 1.807) is 0 Å². The van der Waals surface area contributed by atoms with Gasteiger partial charge in [-0.05, 0) is 26.7 Å². The highest BCUT2D eigenvalue weighted by Gasteiger charge is 2.22. The molecule has 3 nitrogen and oxygen atoms in total. The fourth-order valence-electron chi connectivity index (χ4n) is 1.33. The summed E-state index contributed by atoms with van der Waals surface area (Å²) in [6.07, 6.45) is 2.44. The van der Waals surface area contributed by atoms with Gasteiger partial charge in [-0.1, -0.05) is 12.2 Å². The summed E-state index contributed by atoms with van der Waals surface area (Å²) in [5.74, 6) is 0.183. The molecular formula is C11H20N2O. The summed E-state index contributed by atoms with van der Waals surface area (Å²) in [4.78, 5) is 13.5. The second-order valence-electron chi connectivity index (χ2n) is 4.02. The van der Waals surface area contributed by atoms with E-state index in [9.17, 15) is 4.79 Å². The summed E-state index contributed by atoms with van der Waals surface area (Å²) >= 11 is 0. The first kappa shape index (κ1) is 11.2. The van der Waals surface area contributed by atoms with Crippen molar-refractivity contribution in [3.8, 4) is 0 Å². The summed E-state index contributed by atoms with van der Waals surface area (Å²) in [7, 11) is 0. The van der Waals surface area contributed by atoms with E-state index in [0.29, 0.717) is 19.1 Å². The van der Waals surface area contributed by atoms with E-state index in [1.807, 2.05) is 18.7 Å². The van der Waals surface area contributed by atoms with Crippen LogP contribution in [0.4, 0.5) is 0 Å². The van der Waals surface area contributed by atoms with Crippen LogP contribution in [-0.4, -0.2) is 36.5 Å². The van der Waals surface area contributed by atoms with Gasteiger partial charge in [0.05, 0.1) is 6.54 Å². The Kier molecular flexibility index (Phi) is 4.14. The molecule has 1 saturated carbocycles. The molecule has 1 aliphatic carbocycles. The molecule has 0 spiro atoms. The third-order valence-corrected chi connectivity index (χ3v) is 2.31. The van der Waals surface area contributed by atoms with Crippen LogP contribution in [0.25, 0.3) is 0 Å². The summed E-state index contributed by atoms with van der Waals surface area (Å²) in [5.41, 5.74) is 1.03. The summed E-state index contributed by atoms with van der Waals surface area (Å²) < 4.78 is 0. The van der Waals surface area contributed by atoms with Crippen molar-refractivity contribution in [2.24, 2.45) is 0 Å². The minimum Gasteiger partial charge on any atom is -0.338 e. The molecule has 1 N–H and O–H groups in total. The predicted octanol–water partition coefficient (Wildman–Crippen LogP) is 1.16. The molecule has 0 saturated heterocycles. The number of nitrogens with zero attached hydrogens (tertiary/aromatic N) is 1. The normalized spacial score (nSPS) is 15.3. The average Bonchev–Trinajstić information content (AvgIpc) is 2.93. The fourth-order valence-corrected chi connectivity index (χ4v) is 1.33. The zero-order chi connectivity index (χ0) is 10.6. The average molecular weight is 196 g/mol. The van der Waals surface area contributed by atoms with Gasteiger partial charge in [-0.3, -0.25) is 4.79 Å². The van der Waals surface area contributed by atoms with Crippen LogP contribution in [0, 0.1) is 0 Å². The van der Waals surface area contributed by atoms with E-state index in [4.69, 9.17) is 0 Å². The summed E-state index contributed by atoms with van der Waals surface area (Å²) in [6, 6.07) is 0.600. The maximum atomic E-state index is 11.7. The van der Waals surface area contributed by atoms with Crippen molar-refractivity contribution in [2.75, 3.05) is 19.6 Å². The Morgan fingerprint density at radius 1 is 1.57 bits per heavy atom. The highest BCUT2D eigenvalue weighted by atomic mass is 16.2. The maximum Gasteiger partial charge on any atom is 0.236 e. The van der Waals surface area contributed by atoms with Gasteiger partial charge in [0.2, 0.25) is 5.91 Å². The van der Waals surface area contributed by atoms with Gasteiger partial charge in [0.1, 0.15) is 0 Å². The second kappa shape index (κ2) is 5.15. The van der Waals surface area contributed by atoms with Crippen LogP contribution in [0.1, 0.15) is 26.7 Å². The van der Waals surface area contributed by atoms with E-state index in [-0.39, 0.29) is 5.91 Å². The minimum absolute atomic E-state index is 0.183. The molecule has 3 heteroatoms. The van der Waals surface area contributed by atoms with Crippen LogP contribution in [0.3, 0.4) is 0 Å². The number of likely N-dealkylation sites (N-methyl/N-ethyl adjacent to an activating group) is 1. The van der Waals surface area contributed by atoms with Gasteiger partial charge in [0, 0.05) is 19.1 Å². The molecule has 1 amide bonds. The molecule has 0 aromatic carbocycles. The van der Waals surface area contributed by atoms with Crippen LogP contribution < -0.4 is 5.32 Å². The highest BCUT2D eigenvalue weighted by Crippen LogP contribution is 2.18. The van der Waals surface area contributed by atoms with Gasteiger partial charge < -0.3 is 10.2 Å². The molecule has 0 unspecified atom stereocenters. The second-order valence-corrected chi connectivity index (χ2v) is 4.02. The summed E-state index contributed by atoms with van der Waals surface area (Å²) in [5, 5.41) is 3.22. The SMILES string of the molecule is C=C(C)CN(CC)C(=O)CNC1CC1. The molecule has 0 aromatic heterocycles. The largest absolute Gasteiger partial charge is 0.338 e. The van der Waals surface area contributed by atoms with E-state index >= 15 is 0 Å². The van der Waals surface area contributed by atoms with Gasteiger partial charge in [-0.15, -0.1) is 0 Å². The van der Waals surface area contributed by atoms with Crippen molar-refractivity contribution in [2.45, 2.75) is 32.7 Å². The van der Waals surface area contributed by atoms with Gasteiger partial charge in [0.25, 0.3) is 0 Å². The molecule has 80 valence electrons. The van der Waals surface area contributed by atoms with Gasteiger partial charge in [-0.25, -0.2) is 0 Å². The molecule has 0 aliphatic heterocycles. The monoisotopic (exact) mass is 196 g/mol. The molecule has 0 aromatic rings. The zero-order valence-corrected chi connectivity index (χ0v) is 9.18. The van der Waals surface area contributed by atoms with Gasteiger partial charge >= 0.3 is 0 Å². The first-order chi connectivity index (χ1) is 6.63. The van der Waals surface area contributed by atoms with E-state index in [0.717, 1.165) is 12.1 Å². The van der Waals surface area contributed by atoms with E-state index < -0.39 is 0 Å². The molecule has 0 radical (unpaired) electrons. The smallest absolute Gasteiger partial charge is 0.236 e. The Morgan fingerprint density at radius 3 is 2.64 bits per heavy atom. The Hall–Kier alpha value is -0.830. The van der Waals surface area contributed by atoms with Gasteiger partial charge in [-0.2, -0.15) is 0 Å². The molecule has 1 fully saturated rings. The van der Waals surface area contributed by atoms with Crippen molar-refractivity contribution in [3.05, 3.63) is 12.2 Å². The van der Waals surface area contributed by atoms with E-state index in [2.05, 4.69) is 11.9 Å². The molecule has 0 bridgehead atoms.